The molecule has 0 bridgehead atoms. The number of nitrogens with zero attached hydrogens (tertiary/aromatic N) is 4. The molecule has 5 rings (SSSR count). The predicted molar refractivity (Wildman–Crippen MR) is 141 cm³/mol. The molecule has 3 aromatic rings. The lowest BCUT2D eigenvalue weighted by atomic mass is 9.96. The average molecular weight is 513 g/mol. The van der Waals surface area contributed by atoms with Crippen molar-refractivity contribution in [1.82, 2.24) is 14.2 Å². The summed E-state index contributed by atoms with van der Waals surface area (Å²) in [6.45, 7) is 4.75. The van der Waals surface area contributed by atoms with Gasteiger partial charge in [0.15, 0.2) is 5.13 Å². The van der Waals surface area contributed by atoms with Crippen LogP contribution in [0.5, 0.6) is 0 Å². The van der Waals surface area contributed by atoms with Gasteiger partial charge in [0.25, 0.3) is 5.91 Å². The predicted octanol–water partition coefficient (Wildman–Crippen LogP) is 4.52. The summed E-state index contributed by atoms with van der Waals surface area (Å²) in [5.41, 5.74) is 2.75. The van der Waals surface area contributed by atoms with Gasteiger partial charge in [-0.25, -0.2) is 13.4 Å². The van der Waals surface area contributed by atoms with Crippen molar-refractivity contribution in [3.05, 3.63) is 53.6 Å². The Morgan fingerprint density at radius 1 is 1.00 bits per heavy atom. The van der Waals surface area contributed by atoms with Gasteiger partial charge in [-0.15, -0.1) is 0 Å². The number of para-hydroxylation sites is 1. The van der Waals surface area contributed by atoms with E-state index in [0.29, 0.717) is 18.7 Å². The van der Waals surface area contributed by atoms with Crippen molar-refractivity contribution in [3.63, 3.8) is 0 Å². The van der Waals surface area contributed by atoms with Crippen LogP contribution in [0.3, 0.4) is 0 Å². The molecule has 2 heterocycles. The Hall–Kier alpha value is -2.49. The summed E-state index contributed by atoms with van der Waals surface area (Å²) in [5.74, 6) is -0.0608. The monoisotopic (exact) mass is 512 g/mol. The zero-order chi connectivity index (χ0) is 24.6. The second kappa shape index (κ2) is 9.87. The van der Waals surface area contributed by atoms with Gasteiger partial charge < -0.3 is 9.80 Å². The third-order valence-corrected chi connectivity index (χ3v) is 10.3. The standard InChI is InChI=1S/C26H32N4O3S2/c1-19-7-6-10-23-24(19)27-26(34-23)30-17-15-29(16-18-30)25(31)20-11-13-22(14-12-20)35(32,33)28(2)21-8-4-3-5-9-21/h6-7,10-14,21H,3-5,8-9,15-18H2,1-2H3. The van der Waals surface area contributed by atoms with E-state index in [2.05, 4.69) is 30.0 Å². The highest BCUT2D eigenvalue weighted by Gasteiger charge is 2.30. The Morgan fingerprint density at radius 2 is 1.69 bits per heavy atom. The smallest absolute Gasteiger partial charge is 0.253 e. The van der Waals surface area contributed by atoms with E-state index in [1.165, 1.54) is 21.0 Å². The van der Waals surface area contributed by atoms with E-state index in [-0.39, 0.29) is 16.8 Å². The van der Waals surface area contributed by atoms with Crippen LogP contribution in [0.15, 0.2) is 47.4 Å². The number of benzene rings is 2. The number of fused-ring (bicyclic) bond motifs is 1. The summed E-state index contributed by atoms with van der Waals surface area (Å²) in [6, 6.07) is 12.7. The molecular weight excluding hydrogens is 480 g/mol. The lowest BCUT2D eigenvalue weighted by Gasteiger charge is -2.34. The lowest BCUT2D eigenvalue weighted by molar-refractivity contribution is 0.0746. The Labute approximate surface area is 211 Å². The van der Waals surface area contributed by atoms with Crippen LogP contribution >= 0.6 is 11.3 Å². The number of carbonyl (C=O) groups excluding carboxylic acids is 1. The maximum Gasteiger partial charge on any atom is 0.253 e. The van der Waals surface area contributed by atoms with Crippen LogP contribution in [0.25, 0.3) is 10.2 Å². The van der Waals surface area contributed by atoms with Crippen molar-refractivity contribution in [2.24, 2.45) is 0 Å². The molecule has 0 atom stereocenters. The molecule has 1 aromatic heterocycles. The molecule has 0 radical (unpaired) electrons. The number of hydrogen-bond donors (Lipinski definition) is 0. The fourth-order valence-corrected chi connectivity index (χ4v) is 7.58. The number of rotatable bonds is 5. The summed E-state index contributed by atoms with van der Waals surface area (Å²) >= 11 is 1.69. The highest BCUT2D eigenvalue weighted by atomic mass is 32.2. The van der Waals surface area contributed by atoms with E-state index in [4.69, 9.17) is 4.98 Å². The Balaban J connectivity index is 1.22. The third kappa shape index (κ3) is 4.81. The number of aryl methyl sites for hydroxylation is 1. The molecule has 1 saturated heterocycles. The summed E-state index contributed by atoms with van der Waals surface area (Å²) in [7, 11) is -1.89. The largest absolute Gasteiger partial charge is 0.345 e. The summed E-state index contributed by atoms with van der Waals surface area (Å²) < 4.78 is 28.9. The van der Waals surface area contributed by atoms with Crippen LogP contribution in [0.4, 0.5) is 5.13 Å². The molecule has 2 aromatic carbocycles. The number of hydrogen-bond acceptors (Lipinski definition) is 6. The van der Waals surface area contributed by atoms with Crippen molar-refractivity contribution in [2.75, 3.05) is 38.1 Å². The molecule has 186 valence electrons. The van der Waals surface area contributed by atoms with Gasteiger partial charge in [0, 0.05) is 44.8 Å². The number of anilines is 1. The molecule has 7 nitrogen and oxygen atoms in total. The van der Waals surface area contributed by atoms with E-state index in [0.717, 1.165) is 49.4 Å². The van der Waals surface area contributed by atoms with Gasteiger partial charge in [-0.2, -0.15) is 4.31 Å². The highest BCUT2D eigenvalue weighted by Crippen LogP contribution is 2.31. The number of carbonyl (C=O) groups is 1. The van der Waals surface area contributed by atoms with Gasteiger partial charge >= 0.3 is 0 Å². The fraction of sp³-hybridized carbons (Fsp3) is 0.462. The maximum absolute atomic E-state index is 13.1. The zero-order valence-electron chi connectivity index (χ0n) is 20.3. The van der Waals surface area contributed by atoms with Crippen LogP contribution in [0.2, 0.25) is 0 Å². The number of piperazine rings is 1. The minimum Gasteiger partial charge on any atom is -0.345 e. The fourth-order valence-electron chi connectivity index (χ4n) is 5.07. The number of thiazole rings is 1. The van der Waals surface area contributed by atoms with Crippen LogP contribution < -0.4 is 4.90 Å². The normalized spacial score (nSPS) is 17.9. The minimum atomic E-state index is -3.56. The zero-order valence-corrected chi connectivity index (χ0v) is 21.9. The molecule has 9 heteroatoms. The first kappa shape index (κ1) is 24.2. The molecule has 2 aliphatic rings. The maximum atomic E-state index is 13.1. The molecule has 35 heavy (non-hydrogen) atoms. The molecule has 1 amide bonds. The minimum absolute atomic E-state index is 0.0608. The Kier molecular flexibility index (Phi) is 6.83. The Bertz CT molecular complexity index is 1310. The molecule has 1 aliphatic carbocycles. The van der Waals surface area contributed by atoms with Crippen LogP contribution in [0.1, 0.15) is 48.0 Å². The second-order valence-electron chi connectivity index (χ2n) is 9.53. The second-order valence-corrected chi connectivity index (χ2v) is 12.5. The van der Waals surface area contributed by atoms with Crippen molar-refractivity contribution in [2.45, 2.75) is 50.0 Å². The van der Waals surface area contributed by atoms with Crippen molar-refractivity contribution in [3.8, 4) is 0 Å². The van der Waals surface area contributed by atoms with Crippen molar-refractivity contribution >= 4 is 42.6 Å². The van der Waals surface area contributed by atoms with E-state index < -0.39 is 10.0 Å². The average Bonchev–Trinajstić information content (AvgIpc) is 3.34. The molecular formula is C26H32N4O3S2. The first-order valence-corrected chi connectivity index (χ1v) is 14.6. The molecule has 0 N–H and O–H groups in total. The van der Waals surface area contributed by atoms with E-state index >= 15 is 0 Å². The molecule has 2 fully saturated rings. The Morgan fingerprint density at radius 3 is 2.34 bits per heavy atom. The van der Waals surface area contributed by atoms with E-state index in [1.54, 1.807) is 42.6 Å². The van der Waals surface area contributed by atoms with E-state index in [1.807, 2.05) is 4.90 Å². The van der Waals surface area contributed by atoms with Gasteiger partial charge in [0.1, 0.15) is 0 Å². The summed E-state index contributed by atoms with van der Waals surface area (Å²) in [6.07, 6.45) is 5.15. The van der Waals surface area contributed by atoms with Gasteiger partial charge in [0.2, 0.25) is 10.0 Å². The van der Waals surface area contributed by atoms with Crippen LogP contribution in [0, 0.1) is 6.92 Å². The molecule has 1 aliphatic heterocycles. The topological polar surface area (TPSA) is 73.8 Å². The van der Waals surface area contributed by atoms with E-state index in [9.17, 15) is 13.2 Å². The molecule has 0 spiro atoms. The van der Waals surface area contributed by atoms with Crippen LogP contribution in [-0.2, 0) is 10.0 Å². The first-order chi connectivity index (χ1) is 16.8. The number of sulfonamides is 1. The molecule has 0 unspecified atom stereocenters. The van der Waals surface area contributed by atoms with Gasteiger partial charge in [-0.3, -0.25) is 4.79 Å². The summed E-state index contributed by atoms with van der Waals surface area (Å²) in [5, 5.41) is 0.998. The van der Waals surface area contributed by atoms with Crippen LogP contribution in [-0.4, -0.2) is 67.8 Å². The van der Waals surface area contributed by atoms with Gasteiger partial charge in [-0.05, 0) is 55.7 Å². The first-order valence-electron chi connectivity index (χ1n) is 12.3. The lowest BCUT2D eigenvalue weighted by Crippen LogP contribution is -2.48. The van der Waals surface area contributed by atoms with Gasteiger partial charge in [-0.1, -0.05) is 42.7 Å². The third-order valence-electron chi connectivity index (χ3n) is 7.31. The summed E-state index contributed by atoms with van der Waals surface area (Å²) in [4.78, 5) is 22.3. The van der Waals surface area contributed by atoms with Gasteiger partial charge in [0.05, 0.1) is 15.1 Å². The van der Waals surface area contributed by atoms with Crippen molar-refractivity contribution < 1.29 is 13.2 Å². The van der Waals surface area contributed by atoms with Crippen molar-refractivity contribution in [1.29, 1.82) is 0 Å². The number of amides is 1. The molecule has 1 saturated carbocycles. The SMILES string of the molecule is Cc1cccc2sc(N3CCN(C(=O)c4ccc(S(=O)(=O)N(C)C5CCCCC5)cc4)CC3)nc12. The highest BCUT2D eigenvalue weighted by molar-refractivity contribution is 7.89. The number of aromatic nitrogens is 1. The quantitative estimate of drug-likeness (QED) is 0.503.